The molecule has 2 nitrogen and oxygen atoms in total. The summed E-state index contributed by atoms with van der Waals surface area (Å²) >= 11 is 0. The van der Waals surface area contributed by atoms with Crippen LogP contribution in [0.4, 0.5) is 5.69 Å². The molecule has 1 unspecified atom stereocenters. The van der Waals surface area contributed by atoms with E-state index in [0.717, 1.165) is 12.0 Å². The molecule has 0 spiro atoms. The molecular formula is C17H24N2. The molecule has 1 heterocycles. The van der Waals surface area contributed by atoms with Gasteiger partial charge >= 0.3 is 0 Å². The molecular weight excluding hydrogens is 232 g/mol. The Morgan fingerprint density at radius 1 is 1.05 bits per heavy atom. The number of nitrogens with one attached hydrogen (secondary N) is 1. The summed E-state index contributed by atoms with van der Waals surface area (Å²) in [5.74, 6) is 0.954. The maximum absolute atomic E-state index is 3.75. The second-order valence-electron chi connectivity index (χ2n) is 6.50. The number of anilines is 1. The highest BCUT2D eigenvalue weighted by Crippen LogP contribution is 2.35. The lowest BCUT2D eigenvalue weighted by Crippen LogP contribution is -2.39. The highest BCUT2D eigenvalue weighted by Gasteiger charge is 2.33. The first-order chi connectivity index (χ1) is 9.40. The number of benzene rings is 1. The molecule has 0 aromatic heterocycles. The number of aryl methyl sites for hydroxylation is 2. The van der Waals surface area contributed by atoms with E-state index < -0.39 is 0 Å². The topological polar surface area (TPSA) is 15.3 Å². The Morgan fingerprint density at radius 2 is 1.95 bits per heavy atom. The fourth-order valence-corrected chi connectivity index (χ4v) is 3.75. The van der Waals surface area contributed by atoms with Gasteiger partial charge in [-0.15, -0.1) is 0 Å². The molecule has 0 amide bonds. The predicted molar refractivity (Wildman–Crippen MR) is 79.8 cm³/mol. The van der Waals surface area contributed by atoms with Crippen LogP contribution in [0.1, 0.15) is 36.8 Å². The molecule has 0 radical (unpaired) electrons. The van der Waals surface area contributed by atoms with Crippen molar-refractivity contribution in [3.8, 4) is 0 Å². The Balaban J connectivity index is 1.56. The van der Waals surface area contributed by atoms with E-state index in [0.29, 0.717) is 0 Å². The highest BCUT2D eigenvalue weighted by atomic mass is 15.2. The van der Waals surface area contributed by atoms with Crippen molar-refractivity contribution in [1.29, 1.82) is 0 Å². The number of rotatable bonds is 2. The zero-order valence-electron chi connectivity index (χ0n) is 11.7. The van der Waals surface area contributed by atoms with Crippen LogP contribution in [-0.2, 0) is 12.8 Å². The minimum absolute atomic E-state index is 0.732. The van der Waals surface area contributed by atoms with Crippen LogP contribution in [-0.4, -0.2) is 25.7 Å². The Morgan fingerprint density at radius 3 is 2.84 bits per heavy atom. The summed E-state index contributed by atoms with van der Waals surface area (Å²) in [7, 11) is 0. The third kappa shape index (κ3) is 2.38. The van der Waals surface area contributed by atoms with Crippen LogP contribution in [0.3, 0.4) is 0 Å². The van der Waals surface area contributed by atoms with E-state index in [1.807, 2.05) is 0 Å². The minimum Gasteiger partial charge on any atom is -0.370 e. The van der Waals surface area contributed by atoms with Crippen molar-refractivity contribution in [3.63, 3.8) is 0 Å². The van der Waals surface area contributed by atoms with E-state index in [4.69, 9.17) is 0 Å². The summed E-state index contributed by atoms with van der Waals surface area (Å²) in [4.78, 5) is 2.63. The van der Waals surface area contributed by atoms with Gasteiger partial charge in [0, 0.05) is 24.8 Å². The third-order valence-corrected chi connectivity index (χ3v) is 5.07. The molecule has 102 valence electrons. The Hall–Kier alpha value is -1.02. The maximum Gasteiger partial charge on any atom is 0.0369 e. The van der Waals surface area contributed by atoms with Gasteiger partial charge in [-0.05, 0) is 74.2 Å². The van der Waals surface area contributed by atoms with Crippen LogP contribution in [0, 0.1) is 5.92 Å². The average molecular weight is 256 g/mol. The van der Waals surface area contributed by atoms with Gasteiger partial charge in [0.15, 0.2) is 0 Å². The van der Waals surface area contributed by atoms with E-state index in [9.17, 15) is 0 Å². The lowest BCUT2D eigenvalue weighted by Gasteiger charge is -2.27. The van der Waals surface area contributed by atoms with Crippen molar-refractivity contribution < 1.29 is 0 Å². The monoisotopic (exact) mass is 256 g/mol. The van der Waals surface area contributed by atoms with Crippen molar-refractivity contribution in [2.75, 3.05) is 24.5 Å². The van der Waals surface area contributed by atoms with Gasteiger partial charge in [-0.25, -0.2) is 0 Å². The zero-order chi connectivity index (χ0) is 12.7. The summed E-state index contributed by atoms with van der Waals surface area (Å²) in [5.41, 5.74) is 4.67. The smallest absolute Gasteiger partial charge is 0.0369 e. The summed E-state index contributed by atoms with van der Waals surface area (Å²) in [6.45, 7) is 3.63. The van der Waals surface area contributed by atoms with Crippen LogP contribution in [0.5, 0.6) is 0 Å². The van der Waals surface area contributed by atoms with Crippen LogP contribution < -0.4 is 10.2 Å². The Bertz CT molecular complexity index is 464. The first-order valence-electron chi connectivity index (χ1n) is 8.00. The average Bonchev–Trinajstić information content (AvgIpc) is 3.20. The van der Waals surface area contributed by atoms with Crippen LogP contribution >= 0.6 is 0 Å². The van der Waals surface area contributed by atoms with E-state index in [-0.39, 0.29) is 0 Å². The van der Waals surface area contributed by atoms with Gasteiger partial charge < -0.3 is 10.2 Å². The standard InChI is InChI=1S/C17H24N2/c1-3-13-7-8-16(11-15(13)4-1)19-10-2-9-18-17(12-19)14-5-6-14/h7-8,11,14,17-18H,1-6,9-10,12H2. The summed E-state index contributed by atoms with van der Waals surface area (Å²) < 4.78 is 0. The zero-order valence-corrected chi connectivity index (χ0v) is 11.7. The number of hydrogen-bond acceptors (Lipinski definition) is 2. The SMILES string of the molecule is c1cc2c(cc1N1CCCNC(C3CC3)C1)CCC2. The lowest BCUT2D eigenvalue weighted by atomic mass is 10.1. The van der Waals surface area contributed by atoms with Gasteiger partial charge in [0.25, 0.3) is 0 Å². The van der Waals surface area contributed by atoms with Gasteiger partial charge in [0.1, 0.15) is 0 Å². The van der Waals surface area contributed by atoms with Crippen LogP contribution in [0.15, 0.2) is 18.2 Å². The molecule has 2 aliphatic carbocycles. The van der Waals surface area contributed by atoms with E-state index in [1.54, 1.807) is 11.1 Å². The molecule has 0 bridgehead atoms. The van der Waals surface area contributed by atoms with Crippen molar-refractivity contribution in [1.82, 2.24) is 5.32 Å². The molecule has 2 heteroatoms. The van der Waals surface area contributed by atoms with E-state index in [2.05, 4.69) is 28.4 Å². The molecule has 2 fully saturated rings. The van der Waals surface area contributed by atoms with Gasteiger partial charge in [0.05, 0.1) is 0 Å². The molecule has 1 aromatic carbocycles. The molecule has 4 rings (SSSR count). The molecule has 1 atom stereocenters. The fraction of sp³-hybridized carbons (Fsp3) is 0.647. The minimum atomic E-state index is 0.732. The predicted octanol–water partition coefficient (Wildman–Crippen LogP) is 2.75. The van der Waals surface area contributed by atoms with Gasteiger partial charge in [-0.1, -0.05) is 6.07 Å². The van der Waals surface area contributed by atoms with Crippen molar-refractivity contribution in [2.24, 2.45) is 5.92 Å². The first kappa shape index (κ1) is 11.8. The lowest BCUT2D eigenvalue weighted by molar-refractivity contribution is 0.490. The van der Waals surface area contributed by atoms with Crippen LogP contribution in [0.2, 0.25) is 0 Å². The molecule has 3 aliphatic rings. The molecule has 19 heavy (non-hydrogen) atoms. The molecule has 1 aliphatic heterocycles. The highest BCUT2D eigenvalue weighted by molar-refractivity contribution is 5.52. The second-order valence-corrected chi connectivity index (χ2v) is 6.50. The fourth-order valence-electron chi connectivity index (χ4n) is 3.75. The molecule has 1 saturated heterocycles. The van der Waals surface area contributed by atoms with Crippen molar-refractivity contribution in [3.05, 3.63) is 29.3 Å². The van der Waals surface area contributed by atoms with Gasteiger partial charge in [-0.3, -0.25) is 0 Å². The Labute approximate surface area is 116 Å². The number of nitrogens with zero attached hydrogens (tertiary/aromatic N) is 1. The second kappa shape index (κ2) is 4.82. The third-order valence-electron chi connectivity index (χ3n) is 5.07. The van der Waals surface area contributed by atoms with Crippen molar-refractivity contribution >= 4 is 5.69 Å². The van der Waals surface area contributed by atoms with Gasteiger partial charge in [0.2, 0.25) is 0 Å². The summed E-state index contributed by atoms with van der Waals surface area (Å²) in [6, 6.07) is 7.94. The van der Waals surface area contributed by atoms with Crippen molar-refractivity contribution in [2.45, 2.75) is 44.6 Å². The number of fused-ring (bicyclic) bond motifs is 1. The largest absolute Gasteiger partial charge is 0.370 e. The maximum atomic E-state index is 3.75. The van der Waals surface area contributed by atoms with E-state index in [1.165, 1.54) is 63.8 Å². The quantitative estimate of drug-likeness (QED) is 0.875. The van der Waals surface area contributed by atoms with Crippen LogP contribution in [0.25, 0.3) is 0 Å². The molecule has 1 N–H and O–H groups in total. The number of hydrogen-bond donors (Lipinski definition) is 1. The first-order valence-corrected chi connectivity index (χ1v) is 8.00. The van der Waals surface area contributed by atoms with Gasteiger partial charge in [-0.2, -0.15) is 0 Å². The van der Waals surface area contributed by atoms with E-state index >= 15 is 0 Å². The normalized spacial score (nSPS) is 27.2. The molecule has 1 saturated carbocycles. The molecule has 1 aromatic rings. The summed E-state index contributed by atoms with van der Waals surface area (Å²) in [5, 5.41) is 3.75. The Kier molecular flexibility index (Phi) is 2.99. The summed E-state index contributed by atoms with van der Waals surface area (Å²) in [6.07, 6.45) is 8.10.